The van der Waals surface area contributed by atoms with Gasteiger partial charge in [0.15, 0.2) is 27.1 Å². The lowest BCUT2D eigenvalue weighted by molar-refractivity contribution is 0.399. The highest BCUT2D eigenvalue weighted by molar-refractivity contribution is 7.90. The number of hydrogen-bond acceptors (Lipinski definition) is 6. The molecule has 1 N–H and O–H groups in total. The van der Waals surface area contributed by atoms with Crippen molar-refractivity contribution in [3.8, 4) is 16.9 Å². The maximum absolute atomic E-state index is 14.2. The second-order valence-electron chi connectivity index (χ2n) is 6.85. The van der Waals surface area contributed by atoms with Gasteiger partial charge in [-0.2, -0.15) is 0 Å². The third-order valence-corrected chi connectivity index (χ3v) is 6.00. The van der Waals surface area contributed by atoms with Gasteiger partial charge < -0.3 is 10.1 Å². The summed E-state index contributed by atoms with van der Waals surface area (Å²) >= 11 is 0. The fourth-order valence-electron chi connectivity index (χ4n) is 3.27. The van der Waals surface area contributed by atoms with Crippen LogP contribution in [0.25, 0.3) is 16.8 Å². The summed E-state index contributed by atoms with van der Waals surface area (Å²) in [5, 5.41) is 11.1. The summed E-state index contributed by atoms with van der Waals surface area (Å²) in [4.78, 5) is 0.220. The molecule has 0 atom stereocenters. The van der Waals surface area contributed by atoms with Gasteiger partial charge in [-0.1, -0.05) is 12.1 Å². The molecular weight excluding hydrogens is 426 g/mol. The Bertz CT molecular complexity index is 1370. The molecule has 0 saturated carbocycles. The van der Waals surface area contributed by atoms with Crippen LogP contribution in [-0.4, -0.2) is 36.4 Å². The highest BCUT2D eigenvalue weighted by Gasteiger charge is 2.16. The van der Waals surface area contributed by atoms with Crippen LogP contribution in [0.1, 0.15) is 5.56 Å². The molecule has 0 aliphatic heterocycles. The number of nitrogens with one attached hydrogen (secondary N) is 1. The van der Waals surface area contributed by atoms with Crippen LogP contribution in [0.5, 0.6) is 5.75 Å². The van der Waals surface area contributed by atoms with Crippen LogP contribution >= 0.6 is 0 Å². The number of aromatic nitrogens is 3. The molecule has 0 fully saturated rings. The first kappa shape index (κ1) is 20.7. The van der Waals surface area contributed by atoms with Crippen molar-refractivity contribution in [1.82, 2.24) is 14.6 Å². The number of pyridine rings is 1. The summed E-state index contributed by atoms with van der Waals surface area (Å²) in [6, 6.07) is 12.4. The minimum absolute atomic E-state index is 0.0253. The van der Waals surface area contributed by atoms with Crippen molar-refractivity contribution < 1.29 is 21.9 Å². The number of sulfone groups is 1. The zero-order valence-corrected chi connectivity index (χ0v) is 17.5. The Labute approximate surface area is 177 Å². The average Bonchev–Trinajstić information content (AvgIpc) is 3.24. The van der Waals surface area contributed by atoms with Crippen LogP contribution in [0, 0.1) is 11.6 Å². The summed E-state index contributed by atoms with van der Waals surface area (Å²) in [6.07, 6.45) is 2.64. The van der Waals surface area contributed by atoms with E-state index < -0.39 is 21.5 Å². The van der Waals surface area contributed by atoms with Crippen molar-refractivity contribution in [2.75, 3.05) is 18.7 Å². The predicted molar refractivity (Wildman–Crippen MR) is 112 cm³/mol. The van der Waals surface area contributed by atoms with Gasteiger partial charge in [0.1, 0.15) is 17.9 Å². The lowest BCUT2D eigenvalue weighted by Crippen LogP contribution is -2.08. The van der Waals surface area contributed by atoms with E-state index in [1.165, 1.54) is 31.6 Å². The number of methoxy groups -OCH3 is 1. The first-order chi connectivity index (χ1) is 14.8. The zero-order chi connectivity index (χ0) is 22.2. The molecular formula is C21H18F2N4O3S. The van der Waals surface area contributed by atoms with E-state index in [4.69, 9.17) is 4.74 Å². The molecule has 2 aromatic heterocycles. The third-order valence-electron chi connectivity index (χ3n) is 4.87. The highest BCUT2D eigenvalue weighted by atomic mass is 32.2. The normalized spacial score (nSPS) is 11.6. The molecule has 10 heteroatoms. The summed E-state index contributed by atoms with van der Waals surface area (Å²) in [7, 11) is -1.91. The molecule has 2 aromatic carbocycles. The van der Waals surface area contributed by atoms with Crippen LogP contribution in [0.4, 0.5) is 14.6 Å². The fraction of sp³-hybridized carbons (Fsp3) is 0.143. The number of nitrogens with zero attached hydrogens (tertiary/aromatic N) is 3. The van der Waals surface area contributed by atoms with Gasteiger partial charge in [-0.15, -0.1) is 10.2 Å². The molecule has 160 valence electrons. The molecule has 31 heavy (non-hydrogen) atoms. The Hall–Kier alpha value is -3.53. The fourth-order valence-corrected chi connectivity index (χ4v) is 3.90. The highest BCUT2D eigenvalue weighted by Crippen LogP contribution is 2.29. The van der Waals surface area contributed by atoms with Gasteiger partial charge in [0.25, 0.3) is 0 Å². The summed E-state index contributed by atoms with van der Waals surface area (Å²) in [5.74, 6) is -1.15. The first-order valence-electron chi connectivity index (χ1n) is 9.17. The van der Waals surface area contributed by atoms with E-state index in [1.54, 1.807) is 28.7 Å². The number of hydrogen-bond donors (Lipinski definition) is 1. The smallest absolute Gasteiger partial charge is 0.175 e. The largest absolute Gasteiger partial charge is 0.496 e. The first-order valence-corrected chi connectivity index (χ1v) is 11.1. The minimum Gasteiger partial charge on any atom is -0.496 e. The predicted octanol–water partition coefficient (Wildman–Crippen LogP) is 3.70. The molecule has 0 unspecified atom stereocenters. The maximum atomic E-state index is 14.2. The molecule has 0 bridgehead atoms. The maximum Gasteiger partial charge on any atom is 0.175 e. The molecule has 0 aliphatic rings. The number of anilines is 1. The topological polar surface area (TPSA) is 85.6 Å². The van der Waals surface area contributed by atoms with Gasteiger partial charge in [0.05, 0.1) is 17.6 Å². The Morgan fingerprint density at radius 1 is 1.06 bits per heavy atom. The van der Waals surface area contributed by atoms with Gasteiger partial charge >= 0.3 is 0 Å². The zero-order valence-electron chi connectivity index (χ0n) is 16.6. The molecule has 4 rings (SSSR count). The van der Waals surface area contributed by atoms with Crippen molar-refractivity contribution in [1.29, 1.82) is 0 Å². The van der Waals surface area contributed by atoms with E-state index in [1.807, 2.05) is 0 Å². The van der Waals surface area contributed by atoms with Crippen molar-refractivity contribution in [2.24, 2.45) is 0 Å². The van der Waals surface area contributed by atoms with E-state index in [0.29, 0.717) is 11.5 Å². The monoisotopic (exact) mass is 444 g/mol. The summed E-state index contributed by atoms with van der Waals surface area (Å²) in [6.45, 7) is -0.0253. The number of rotatable bonds is 6. The van der Waals surface area contributed by atoms with Crippen LogP contribution in [0.15, 0.2) is 59.8 Å². The molecule has 0 amide bonds. The Kier molecular flexibility index (Phi) is 5.32. The minimum atomic E-state index is -3.30. The second-order valence-corrected chi connectivity index (χ2v) is 8.86. The number of benzene rings is 2. The SMILES string of the molecule is COc1ccc(F)c(F)c1CNc1ccc(-c2ccc(S(C)(=O)=O)cc2)c2nncn12. The third kappa shape index (κ3) is 3.93. The van der Waals surface area contributed by atoms with E-state index in [0.717, 1.165) is 23.4 Å². The van der Waals surface area contributed by atoms with Gasteiger partial charge in [-0.25, -0.2) is 17.2 Å². The lowest BCUT2D eigenvalue weighted by Gasteiger charge is -2.14. The van der Waals surface area contributed by atoms with Crippen LogP contribution in [0.3, 0.4) is 0 Å². The van der Waals surface area contributed by atoms with E-state index in [-0.39, 0.29) is 22.8 Å². The standard InChI is InChI=1S/C21H18F2N4O3S/c1-30-18-9-8-17(22)20(23)16(18)11-24-19-10-7-15(21-26-25-12-27(19)21)13-3-5-14(6-4-13)31(2,28)29/h3-10,12,24H,11H2,1-2H3. The number of halogens is 2. The van der Waals surface area contributed by atoms with Crippen molar-refractivity contribution in [3.63, 3.8) is 0 Å². The Morgan fingerprint density at radius 2 is 1.81 bits per heavy atom. The number of ether oxygens (including phenoxy) is 1. The second kappa shape index (κ2) is 7.95. The van der Waals surface area contributed by atoms with Crippen molar-refractivity contribution in [2.45, 2.75) is 11.4 Å². The Balaban J connectivity index is 1.67. The van der Waals surface area contributed by atoms with Crippen molar-refractivity contribution >= 4 is 21.3 Å². The van der Waals surface area contributed by atoms with E-state index >= 15 is 0 Å². The number of fused-ring (bicyclic) bond motifs is 1. The molecule has 0 aliphatic carbocycles. The molecule has 7 nitrogen and oxygen atoms in total. The quantitative estimate of drug-likeness (QED) is 0.488. The molecule has 2 heterocycles. The average molecular weight is 444 g/mol. The molecule has 0 spiro atoms. The van der Waals surface area contributed by atoms with Gasteiger partial charge in [-0.05, 0) is 42.0 Å². The molecule has 0 radical (unpaired) electrons. The van der Waals surface area contributed by atoms with Crippen molar-refractivity contribution in [3.05, 3.63) is 72.1 Å². The Morgan fingerprint density at radius 3 is 2.48 bits per heavy atom. The molecule has 4 aromatic rings. The van der Waals surface area contributed by atoms with E-state index in [2.05, 4.69) is 15.5 Å². The summed E-state index contributed by atoms with van der Waals surface area (Å²) < 4.78 is 58.1. The van der Waals surface area contributed by atoms with Crippen LogP contribution in [-0.2, 0) is 16.4 Å². The van der Waals surface area contributed by atoms with Crippen LogP contribution in [0.2, 0.25) is 0 Å². The van der Waals surface area contributed by atoms with Gasteiger partial charge in [0.2, 0.25) is 0 Å². The lowest BCUT2D eigenvalue weighted by atomic mass is 10.1. The summed E-state index contributed by atoms with van der Waals surface area (Å²) in [5.41, 5.74) is 2.07. The van der Waals surface area contributed by atoms with Gasteiger partial charge in [-0.3, -0.25) is 4.40 Å². The molecule has 0 saturated heterocycles. The van der Waals surface area contributed by atoms with Crippen LogP contribution < -0.4 is 10.1 Å². The van der Waals surface area contributed by atoms with E-state index in [9.17, 15) is 17.2 Å². The van der Waals surface area contributed by atoms with Gasteiger partial charge in [0, 0.05) is 18.4 Å².